The second kappa shape index (κ2) is 9.69. The summed E-state index contributed by atoms with van der Waals surface area (Å²) in [6, 6.07) is 12.1. The molecule has 0 N–H and O–H groups in total. The number of benzene rings is 2. The predicted octanol–water partition coefficient (Wildman–Crippen LogP) is 4.59. The minimum Gasteiger partial charge on any atom is -0.494 e. The van der Waals surface area contributed by atoms with Crippen molar-refractivity contribution in [3.05, 3.63) is 53.8 Å². The van der Waals surface area contributed by atoms with Crippen LogP contribution in [0.15, 0.2) is 42.5 Å². The second-order valence-electron chi connectivity index (χ2n) is 7.11. The average Bonchev–Trinajstić information content (AvgIpc) is 2.73. The van der Waals surface area contributed by atoms with Gasteiger partial charge in [-0.2, -0.15) is 0 Å². The van der Waals surface area contributed by atoms with Gasteiger partial charge in [0.25, 0.3) is 0 Å². The first kappa shape index (κ1) is 20.3. The highest BCUT2D eigenvalue weighted by Crippen LogP contribution is 2.38. The van der Waals surface area contributed by atoms with Gasteiger partial charge in [-0.25, -0.2) is 4.39 Å². The summed E-state index contributed by atoms with van der Waals surface area (Å²) >= 11 is 0. The quantitative estimate of drug-likeness (QED) is 0.468. The Hall–Kier alpha value is -2.40. The smallest absolute Gasteiger partial charge is 0.142 e. The van der Waals surface area contributed by atoms with Crippen molar-refractivity contribution < 1.29 is 13.9 Å². The molecule has 3 rings (SSSR count). The summed E-state index contributed by atoms with van der Waals surface area (Å²) < 4.78 is 19.3. The van der Waals surface area contributed by atoms with E-state index in [2.05, 4.69) is 24.8 Å². The Kier molecular flexibility index (Phi) is 7.04. The maximum atomic E-state index is 13.3. The zero-order valence-corrected chi connectivity index (χ0v) is 16.7. The second-order valence-corrected chi connectivity index (χ2v) is 7.11. The molecule has 2 aromatic rings. The van der Waals surface area contributed by atoms with E-state index in [4.69, 9.17) is 4.74 Å². The van der Waals surface area contributed by atoms with E-state index in [1.54, 1.807) is 12.1 Å². The summed E-state index contributed by atoms with van der Waals surface area (Å²) in [5.41, 5.74) is 2.97. The SMILES string of the molecule is CCN(CC)CCCOc1ccc2c(c1)CCC(C=O)N2c1ccc(F)cc1. The Balaban J connectivity index is 1.72. The Bertz CT molecular complexity index is 775. The van der Waals surface area contributed by atoms with Crippen molar-refractivity contribution in [3.63, 3.8) is 0 Å². The molecule has 0 spiro atoms. The van der Waals surface area contributed by atoms with Crippen molar-refractivity contribution in [2.45, 2.75) is 39.2 Å². The topological polar surface area (TPSA) is 32.8 Å². The van der Waals surface area contributed by atoms with Gasteiger partial charge in [0.15, 0.2) is 0 Å². The molecule has 4 nitrogen and oxygen atoms in total. The van der Waals surface area contributed by atoms with Crippen LogP contribution in [0.4, 0.5) is 15.8 Å². The molecule has 0 radical (unpaired) electrons. The largest absolute Gasteiger partial charge is 0.494 e. The van der Waals surface area contributed by atoms with E-state index in [1.807, 2.05) is 17.0 Å². The van der Waals surface area contributed by atoms with Crippen molar-refractivity contribution in [1.29, 1.82) is 0 Å². The van der Waals surface area contributed by atoms with Gasteiger partial charge in [0.05, 0.1) is 12.6 Å². The van der Waals surface area contributed by atoms with E-state index in [0.29, 0.717) is 6.61 Å². The van der Waals surface area contributed by atoms with E-state index in [1.165, 1.54) is 12.1 Å². The van der Waals surface area contributed by atoms with Gasteiger partial charge in [-0.3, -0.25) is 0 Å². The number of aldehydes is 1. The van der Waals surface area contributed by atoms with Crippen LogP contribution in [0, 0.1) is 5.82 Å². The van der Waals surface area contributed by atoms with E-state index in [9.17, 15) is 9.18 Å². The maximum absolute atomic E-state index is 13.3. The van der Waals surface area contributed by atoms with Gasteiger partial charge < -0.3 is 19.3 Å². The van der Waals surface area contributed by atoms with Crippen molar-refractivity contribution in [3.8, 4) is 5.75 Å². The number of anilines is 2. The van der Waals surface area contributed by atoms with Crippen LogP contribution >= 0.6 is 0 Å². The van der Waals surface area contributed by atoms with Gasteiger partial charge in [0, 0.05) is 17.9 Å². The number of fused-ring (bicyclic) bond motifs is 1. The molecule has 1 unspecified atom stereocenters. The number of carbonyl (C=O) groups is 1. The van der Waals surface area contributed by atoms with E-state index in [0.717, 1.165) is 67.9 Å². The summed E-state index contributed by atoms with van der Waals surface area (Å²) in [4.78, 5) is 16.0. The van der Waals surface area contributed by atoms with E-state index < -0.39 is 0 Å². The number of rotatable bonds is 9. The number of halogens is 1. The first-order chi connectivity index (χ1) is 13.7. The number of hydrogen-bond donors (Lipinski definition) is 0. The highest BCUT2D eigenvalue weighted by molar-refractivity contribution is 5.78. The summed E-state index contributed by atoms with van der Waals surface area (Å²) in [6.07, 6.45) is 3.53. The number of aryl methyl sites for hydroxylation is 1. The Morgan fingerprint density at radius 3 is 2.61 bits per heavy atom. The monoisotopic (exact) mass is 384 g/mol. The molecule has 0 aliphatic carbocycles. The van der Waals surface area contributed by atoms with Crippen LogP contribution in [-0.4, -0.2) is 43.5 Å². The molecule has 0 saturated carbocycles. The number of carbonyl (C=O) groups excluding carboxylic acids is 1. The lowest BCUT2D eigenvalue weighted by atomic mass is 9.95. The minimum absolute atomic E-state index is 0.237. The number of nitrogens with zero attached hydrogens (tertiary/aromatic N) is 2. The standard InChI is InChI=1S/C23H29FN2O2/c1-3-25(4-2)14-5-15-28-22-12-13-23-18(16-22)6-9-21(17-27)26(23)20-10-7-19(24)8-11-20/h7-8,10-13,16-17,21H,3-6,9,14-15H2,1-2H3. The number of ether oxygens (including phenoxy) is 1. The van der Waals surface area contributed by atoms with Crippen LogP contribution < -0.4 is 9.64 Å². The van der Waals surface area contributed by atoms with Crippen molar-refractivity contribution in [1.82, 2.24) is 4.90 Å². The lowest BCUT2D eigenvalue weighted by Gasteiger charge is -2.36. The maximum Gasteiger partial charge on any atom is 0.142 e. The summed E-state index contributed by atoms with van der Waals surface area (Å²) in [6.45, 7) is 8.20. The molecule has 2 aromatic carbocycles. The van der Waals surface area contributed by atoms with Crippen LogP contribution in [0.2, 0.25) is 0 Å². The fourth-order valence-corrected chi connectivity index (χ4v) is 3.78. The zero-order valence-electron chi connectivity index (χ0n) is 16.7. The lowest BCUT2D eigenvalue weighted by Crippen LogP contribution is -2.36. The third-order valence-electron chi connectivity index (χ3n) is 5.40. The molecule has 5 heteroatoms. The first-order valence-corrected chi connectivity index (χ1v) is 10.1. The third kappa shape index (κ3) is 4.71. The first-order valence-electron chi connectivity index (χ1n) is 10.1. The highest BCUT2D eigenvalue weighted by atomic mass is 19.1. The predicted molar refractivity (Wildman–Crippen MR) is 111 cm³/mol. The Morgan fingerprint density at radius 1 is 1.18 bits per heavy atom. The highest BCUT2D eigenvalue weighted by Gasteiger charge is 2.27. The van der Waals surface area contributed by atoms with Gasteiger partial charge in [-0.05, 0) is 80.4 Å². The molecule has 1 atom stereocenters. The third-order valence-corrected chi connectivity index (χ3v) is 5.40. The summed E-state index contributed by atoms with van der Waals surface area (Å²) in [7, 11) is 0. The van der Waals surface area contributed by atoms with Gasteiger partial charge in [0.1, 0.15) is 17.9 Å². The molecular formula is C23H29FN2O2. The Morgan fingerprint density at radius 2 is 1.93 bits per heavy atom. The van der Waals surface area contributed by atoms with Gasteiger partial charge >= 0.3 is 0 Å². The molecule has 0 amide bonds. The molecule has 0 aromatic heterocycles. The molecule has 28 heavy (non-hydrogen) atoms. The van der Waals surface area contributed by atoms with Crippen LogP contribution in [-0.2, 0) is 11.2 Å². The zero-order chi connectivity index (χ0) is 19.9. The van der Waals surface area contributed by atoms with Crippen LogP contribution in [0.3, 0.4) is 0 Å². The van der Waals surface area contributed by atoms with Crippen LogP contribution in [0.1, 0.15) is 32.3 Å². The molecule has 150 valence electrons. The minimum atomic E-state index is -0.280. The number of hydrogen-bond acceptors (Lipinski definition) is 4. The summed E-state index contributed by atoms with van der Waals surface area (Å²) in [5, 5.41) is 0. The van der Waals surface area contributed by atoms with E-state index >= 15 is 0 Å². The van der Waals surface area contributed by atoms with Crippen molar-refractivity contribution in [2.24, 2.45) is 0 Å². The van der Waals surface area contributed by atoms with E-state index in [-0.39, 0.29) is 11.9 Å². The normalized spacial score (nSPS) is 16.1. The Labute approximate surface area is 166 Å². The average molecular weight is 384 g/mol. The van der Waals surface area contributed by atoms with Crippen molar-refractivity contribution in [2.75, 3.05) is 31.1 Å². The lowest BCUT2D eigenvalue weighted by molar-refractivity contribution is -0.109. The molecular weight excluding hydrogens is 355 g/mol. The molecule has 1 heterocycles. The summed E-state index contributed by atoms with van der Waals surface area (Å²) in [5.74, 6) is 0.582. The molecule has 0 bridgehead atoms. The fraction of sp³-hybridized carbons (Fsp3) is 0.435. The molecule has 0 saturated heterocycles. The molecule has 1 aliphatic rings. The van der Waals surface area contributed by atoms with Gasteiger partial charge in [-0.15, -0.1) is 0 Å². The van der Waals surface area contributed by atoms with Crippen molar-refractivity contribution >= 4 is 17.7 Å². The molecule has 0 fully saturated rings. The molecule has 1 aliphatic heterocycles. The van der Waals surface area contributed by atoms with Crippen LogP contribution in [0.5, 0.6) is 5.75 Å². The van der Waals surface area contributed by atoms with Gasteiger partial charge in [0.2, 0.25) is 0 Å². The fourth-order valence-electron chi connectivity index (χ4n) is 3.78. The van der Waals surface area contributed by atoms with Crippen LogP contribution in [0.25, 0.3) is 0 Å². The van der Waals surface area contributed by atoms with Gasteiger partial charge in [-0.1, -0.05) is 13.8 Å².